The molecule has 0 saturated heterocycles. The number of carboxylic acids is 1. The first-order valence-corrected chi connectivity index (χ1v) is 8.55. The molecule has 0 aliphatic heterocycles. The van der Waals surface area contributed by atoms with E-state index in [4.69, 9.17) is 9.84 Å². The van der Waals surface area contributed by atoms with E-state index >= 15 is 0 Å². The summed E-state index contributed by atoms with van der Waals surface area (Å²) >= 11 is 0. The van der Waals surface area contributed by atoms with Crippen molar-refractivity contribution in [3.8, 4) is 5.75 Å². The molecule has 2 aromatic rings. The second kappa shape index (κ2) is 7.23. The number of methoxy groups -OCH3 is 1. The molecular formula is C18H24N4O3. The minimum absolute atomic E-state index is 0.102. The van der Waals surface area contributed by atoms with Crippen LogP contribution >= 0.6 is 0 Å². The smallest absolute Gasteiger partial charge is 0.317 e. The number of aryl methyl sites for hydroxylation is 1. The SMILES string of the molecule is CCN(CC(=O)O)C1CC(Nc2nc3ccc(OC)cc3nc2C)C1. The number of fused-ring (bicyclic) bond motifs is 1. The van der Waals surface area contributed by atoms with E-state index in [9.17, 15) is 4.79 Å². The molecule has 1 aliphatic carbocycles. The van der Waals surface area contributed by atoms with Gasteiger partial charge in [0.2, 0.25) is 0 Å². The molecule has 0 atom stereocenters. The Balaban J connectivity index is 1.66. The molecular weight excluding hydrogens is 320 g/mol. The molecule has 25 heavy (non-hydrogen) atoms. The highest BCUT2D eigenvalue weighted by Crippen LogP contribution is 2.29. The third-order valence-corrected chi connectivity index (χ3v) is 4.76. The molecule has 1 aliphatic rings. The van der Waals surface area contributed by atoms with Crippen LogP contribution in [-0.2, 0) is 4.79 Å². The molecule has 3 rings (SSSR count). The summed E-state index contributed by atoms with van der Waals surface area (Å²) in [6.07, 6.45) is 1.84. The summed E-state index contributed by atoms with van der Waals surface area (Å²) in [5, 5.41) is 12.4. The molecule has 0 bridgehead atoms. The summed E-state index contributed by atoms with van der Waals surface area (Å²) in [4.78, 5) is 22.2. The van der Waals surface area contributed by atoms with Gasteiger partial charge in [0, 0.05) is 18.2 Å². The van der Waals surface area contributed by atoms with Crippen molar-refractivity contribution >= 4 is 22.8 Å². The van der Waals surface area contributed by atoms with Gasteiger partial charge in [0.15, 0.2) is 0 Å². The summed E-state index contributed by atoms with van der Waals surface area (Å²) in [6.45, 7) is 4.79. The number of anilines is 1. The van der Waals surface area contributed by atoms with Crippen LogP contribution in [0.25, 0.3) is 11.0 Å². The maximum Gasteiger partial charge on any atom is 0.317 e. The lowest BCUT2D eigenvalue weighted by Crippen LogP contribution is -2.51. The molecule has 7 nitrogen and oxygen atoms in total. The van der Waals surface area contributed by atoms with E-state index in [0.717, 1.165) is 47.7 Å². The zero-order chi connectivity index (χ0) is 18.0. The minimum Gasteiger partial charge on any atom is -0.497 e. The minimum atomic E-state index is -0.773. The van der Waals surface area contributed by atoms with Gasteiger partial charge < -0.3 is 15.2 Å². The van der Waals surface area contributed by atoms with Crippen molar-refractivity contribution in [3.63, 3.8) is 0 Å². The zero-order valence-corrected chi connectivity index (χ0v) is 14.8. The Hall–Kier alpha value is -2.41. The summed E-state index contributed by atoms with van der Waals surface area (Å²) in [7, 11) is 1.63. The van der Waals surface area contributed by atoms with Crippen molar-refractivity contribution in [1.29, 1.82) is 0 Å². The first-order chi connectivity index (χ1) is 12.0. The first-order valence-electron chi connectivity index (χ1n) is 8.55. The number of nitrogens with zero attached hydrogens (tertiary/aromatic N) is 3. The fraction of sp³-hybridized carbons (Fsp3) is 0.500. The predicted molar refractivity (Wildman–Crippen MR) is 96.1 cm³/mol. The lowest BCUT2D eigenvalue weighted by Gasteiger charge is -2.42. The van der Waals surface area contributed by atoms with E-state index in [2.05, 4.69) is 15.3 Å². The molecule has 1 aromatic heterocycles. The van der Waals surface area contributed by atoms with Crippen LogP contribution in [0.1, 0.15) is 25.5 Å². The van der Waals surface area contributed by atoms with Crippen LogP contribution in [0.15, 0.2) is 18.2 Å². The Morgan fingerprint density at radius 1 is 1.36 bits per heavy atom. The average molecular weight is 344 g/mol. The molecule has 0 spiro atoms. The number of carbonyl (C=O) groups is 1. The normalized spacial score (nSPS) is 19.7. The van der Waals surface area contributed by atoms with E-state index in [-0.39, 0.29) is 6.54 Å². The molecule has 1 saturated carbocycles. The van der Waals surface area contributed by atoms with Crippen LogP contribution in [0.2, 0.25) is 0 Å². The molecule has 2 N–H and O–H groups in total. The van der Waals surface area contributed by atoms with E-state index in [1.54, 1.807) is 7.11 Å². The van der Waals surface area contributed by atoms with Crippen molar-refractivity contribution in [1.82, 2.24) is 14.9 Å². The van der Waals surface area contributed by atoms with Gasteiger partial charge in [-0.3, -0.25) is 9.69 Å². The number of hydrogen-bond donors (Lipinski definition) is 2. The topological polar surface area (TPSA) is 87.6 Å². The van der Waals surface area contributed by atoms with Crippen molar-refractivity contribution in [2.45, 2.75) is 38.8 Å². The molecule has 1 heterocycles. The van der Waals surface area contributed by atoms with E-state index in [0.29, 0.717) is 12.1 Å². The monoisotopic (exact) mass is 344 g/mol. The van der Waals surface area contributed by atoms with Gasteiger partial charge in [-0.15, -0.1) is 0 Å². The van der Waals surface area contributed by atoms with Gasteiger partial charge in [-0.05, 0) is 38.4 Å². The number of nitrogens with one attached hydrogen (secondary N) is 1. The number of benzene rings is 1. The highest BCUT2D eigenvalue weighted by molar-refractivity contribution is 5.78. The fourth-order valence-electron chi connectivity index (χ4n) is 3.26. The Kier molecular flexibility index (Phi) is 5.03. The first kappa shape index (κ1) is 17.4. The van der Waals surface area contributed by atoms with Crippen LogP contribution in [0.5, 0.6) is 5.75 Å². The number of aromatic nitrogens is 2. The van der Waals surface area contributed by atoms with Crippen LogP contribution in [0.3, 0.4) is 0 Å². The van der Waals surface area contributed by atoms with Crippen LogP contribution in [-0.4, -0.2) is 58.2 Å². The molecule has 0 unspecified atom stereocenters. The predicted octanol–water partition coefficient (Wildman–Crippen LogP) is 2.30. The highest BCUT2D eigenvalue weighted by atomic mass is 16.5. The van der Waals surface area contributed by atoms with E-state index in [1.165, 1.54) is 0 Å². The van der Waals surface area contributed by atoms with Gasteiger partial charge in [0.1, 0.15) is 11.6 Å². The van der Waals surface area contributed by atoms with Gasteiger partial charge in [0.05, 0.1) is 30.4 Å². The van der Waals surface area contributed by atoms with E-state index < -0.39 is 5.97 Å². The Labute approximate surface area is 147 Å². The fourth-order valence-corrected chi connectivity index (χ4v) is 3.26. The number of hydrogen-bond acceptors (Lipinski definition) is 6. The van der Waals surface area contributed by atoms with Gasteiger partial charge >= 0.3 is 5.97 Å². The standard InChI is InChI=1S/C18H24N4O3/c1-4-22(10-17(23)24)13-7-12(8-13)20-18-11(2)19-16-9-14(25-3)5-6-15(16)21-18/h5-6,9,12-13H,4,7-8,10H2,1-3H3,(H,20,21)(H,23,24). The Morgan fingerprint density at radius 2 is 2.12 bits per heavy atom. The third-order valence-electron chi connectivity index (χ3n) is 4.76. The average Bonchev–Trinajstić information content (AvgIpc) is 2.55. The lowest BCUT2D eigenvalue weighted by atomic mass is 9.85. The van der Waals surface area contributed by atoms with Crippen molar-refractivity contribution in [3.05, 3.63) is 23.9 Å². The molecule has 0 amide bonds. The molecule has 134 valence electrons. The molecule has 1 fully saturated rings. The highest BCUT2D eigenvalue weighted by Gasteiger charge is 2.34. The van der Waals surface area contributed by atoms with Crippen molar-refractivity contribution in [2.24, 2.45) is 0 Å². The van der Waals surface area contributed by atoms with Crippen LogP contribution in [0.4, 0.5) is 5.82 Å². The molecule has 7 heteroatoms. The van der Waals surface area contributed by atoms with Gasteiger partial charge in [-0.1, -0.05) is 6.92 Å². The summed E-state index contributed by atoms with van der Waals surface area (Å²) in [6, 6.07) is 6.28. The maximum atomic E-state index is 10.9. The largest absolute Gasteiger partial charge is 0.497 e. The lowest BCUT2D eigenvalue weighted by molar-refractivity contribution is -0.139. The number of rotatable bonds is 7. The Bertz CT molecular complexity index is 774. The second-order valence-corrected chi connectivity index (χ2v) is 6.44. The van der Waals surface area contributed by atoms with Crippen molar-refractivity contribution < 1.29 is 14.6 Å². The molecule has 0 radical (unpaired) electrons. The van der Waals surface area contributed by atoms with Gasteiger partial charge in [-0.2, -0.15) is 0 Å². The van der Waals surface area contributed by atoms with Crippen molar-refractivity contribution in [2.75, 3.05) is 25.5 Å². The van der Waals surface area contributed by atoms with Crippen LogP contribution in [0, 0.1) is 6.92 Å². The number of carboxylic acid groups (broad SMARTS) is 1. The van der Waals surface area contributed by atoms with Gasteiger partial charge in [-0.25, -0.2) is 9.97 Å². The number of likely N-dealkylation sites (N-methyl/N-ethyl adjacent to an activating group) is 1. The molecule has 1 aromatic carbocycles. The maximum absolute atomic E-state index is 10.9. The van der Waals surface area contributed by atoms with Gasteiger partial charge in [0.25, 0.3) is 0 Å². The Morgan fingerprint density at radius 3 is 2.76 bits per heavy atom. The summed E-state index contributed by atoms with van der Waals surface area (Å²) < 4.78 is 5.23. The summed E-state index contributed by atoms with van der Waals surface area (Å²) in [5.74, 6) is 0.786. The quantitative estimate of drug-likeness (QED) is 0.797. The van der Waals surface area contributed by atoms with E-state index in [1.807, 2.05) is 36.9 Å². The second-order valence-electron chi connectivity index (χ2n) is 6.44. The third kappa shape index (κ3) is 3.82. The zero-order valence-electron chi connectivity index (χ0n) is 14.8. The number of ether oxygens (including phenoxy) is 1. The van der Waals surface area contributed by atoms with Crippen LogP contribution < -0.4 is 10.1 Å². The summed E-state index contributed by atoms with van der Waals surface area (Å²) in [5.41, 5.74) is 2.49. The number of aliphatic carboxylic acids is 1.